The van der Waals surface area contributed by atoms with Crippen molar-refractivity contribution in [3.05, 3.63) is 65.2 Å². The number of rotatable bonds is 7. The third-order valence-corrected chi connectivity index (χ3v) is 3.51. The molecule has 2 aromatic carbocycles. The fraction of sp³-hybridized carbons (Fsp3) is 0.222. The summed E-state index contributed by atoms with van der Waals surface area (Å²) in [5, 5.41) is 6.01. The topological polar surface area (TPSA) is 58.2 Å². The van der Waals surface area contributed by atoms with Crippen LogP contribution in [0.2, 0.25) is 5.02 Å². The van der Waals surface area contributed by atoms with Crippen molar-refractivity contribution in [2.24, 2.45) is 0 Å². The molecule has 0 radical (unpaired) electrons. The predicted octanol–water partition coefficient (Wildman–Crippen LogP) is 3.42. The predicted molar refractivity (Wildman–Crippen MR) is 92.5 cm³/mol. The van der Waals surface area contributed by atoms with Gasteiger partial charge in [-0.25, -0.2) is 0 Å². The lowest BCUT2D eigenvalue weighted by Crippen LogP contribution is -2.29. The van der Waals surface area contributed by atoms with Gasteiger partial charge >= 0.3 is 0 Å². The van der Waals surface area contributed by atoms with Crippen LogP contribution in [0.4, 0.5) is 5.69 Å². The number of carbonyl (C=O) groups is 2. The van der Waals surface area contributed by atoms with Gasteiger partial charge in [0.15, 0.2) is 0 Å². The highest BCUT2D eigenvalue weighted by molar-refractivity contribution is 6.30. The van der Waals surface area contributed by atoms with Crippen LogP contribution in [0.3, 0.4) is 0 Å². The van der Waals surface area contributed by atoms with Gasteiger partial charge in [0.1, 0.15) is 6.42 Å². The Morgan fingerprint density at radius 2 is 1.61 bits per heavy atom. The van der Waals surface area contributed by atoms with Gasteiger partial charge in [-0.1, -0.05) is 41.9 Å². The Bertz CT molecular complexity index is 642. The summed E-state index contributed by atoms with van der Waals surface area (Å²) in [4.78, 5) is 23.5. The Morgan fingerprint density at radius 1 is 0.913 bits per heavy atom. The molecule has 5 heteroatoms. The molecule has 4 nitrogen and oxygen atoms in total. The zero-order valence-electron chi connectivity index (χ0n) is 12.7. The van der Waals surface area contributed by atoms with Crippen molar-refractivity contribution in [2.75, 3.05) is 11.9 Å². The van der Waals surface area contributed by atoms with Crippen LogP contribution in [0.1, 0.15) is 18.4 Å². The zero-order chi connectivity index (χ0) is 16.5. The molecule has 0 saturated heterocycles. The summed E-state index contributed by atoms with van der Waals surface area (Å²) < 4.78 is 0. The van der Waals surface area contributed by atoms with Crippen LogP contribution < -0.4 is 10.6 Å². The molecule has 0 aromatic heterocycles. The van der Waals surface area contributed by atoms with Gasteiger partial charge in [0.25, 0.3) is 0 Å². The molecule has 0 atom stereocenters. The molecule has 0 unspecified atom stereocenters. The first-order chi connectivity index (χ1) is 11.1. The number of amides is 2. The van der Waals surface area contributed by atoms with Gasteiger partial charge in [-0.05, 0) is 42.7 Å². The molecule has 0 bridgehead atoms. The highest BCUT2D eigenvalue weighted by Crippen LogP contribution is 2.13. The maximum absolute atomic E-state index is 11.8. The van der Waals surface area contributed by atoms with Gasteiger partial charge in [-0.15, -0.1) is 0 Å². The summed E-state index contributed by atoms with van der Waals surface area (Å²) in [5.41, 5.74) is 1.86. The van der Waals surface area contributed by atoms with Crippen molar-refractivity contribution in [1.29, 1.82) is 0 Å². The summed E-state index contributed by atoms with van der Waals surface area (Å²) in [6.07, 6.45) is 1.56. The van der Waals surface area contributed by atoms with Gasteiger partial charge in [0.2, 0.25) is 11.8 Å². The SMILES string of the molecule is O=C(CC(=O)Nc1ccc(Cl)cc1)NCCCc1ccccc1. The first-order valence-electron chi connectivity index (χ1n) is 7.49. The molecule has 0 spiro atoms. The van der Waals surface area contributed by atoms with E-state index in [9.17, 15) is 9.59 Å². The Morgan fingerprint density at radius 3 is 2.30 bits per heavy atom. The van der Waals surface area contributed by atoms with Gasteiger partial charge in [-0.3, -0.25) is 9.59 Å². The van der Waals surface area contributed by atoms with E-state index in [0.717, 1.165) is 12.8 Å². The molecule has 2 amide bonds. The van der Waals surface area contributed by atoms with E-state index in [1.807, 2.05) is 18.2 Å². The number of anilines is 1. The van der Waals surface area contributed by atoms with E-state index in [4.69, 9.17) is 11.6 Å². The molecule has 0 heterocycles. The fourth-order valence-corrected chi connectivity index (χ4v) is 2.24. The van der Waals surface area contributed by atoms with Gasteiger partial charge in [0, 0.05) is 17.3 Å². The average Bonchev–Trinajstić information content (AvgIpc) is 2.55. The molecule has 23 heavy (non-hydrogen) atoms. The van der Waals surface area contributed by atoms with E-state index in [1.54, 1.807) is 24.3 Å². The van der Waals surface area contributed by atoms with Crippen molar-refractivity contribution in [1.82, 2.24) is 5.32 Å². The number of hydrogen-bond donors (Lipinski definition) is 2. The largest absolute Gasteiger partial charge is 0.356 e. The lowest BCUT2D eigenvalue weighted by molar-refractivity contribution is -0.126. The Labute approximate surface area is 140 Å². The molecular formula is C18H19ClN2O2. The van der Waals surface area contributed by atoms with Gasteiger partial charge in [-0.2, -0.15) is 0 Å². The van der Waals surface area contributed by atoms with Crippen LogP contribution in [-0.4, -0.2) is 18.4 Å². The maximum Gasteiger partial charge on any atom is 0.233 e. The summed E-state index contributed by atoms with van der Waals surface area (Å²) in [6, 6.07) is 16.8. The van der Waals surface area contributed by atoms with Crippen molar-refractivity contribution >= 4 is 29.1 Å². The van der Waals surface area contributed by atoms with Crippen molar-refractivity contribution in [2.45, 2.75) is 19.3 Å². The lowest BCUT2D eigenvalue weighted by Gasteiger charge is -2.07. The number of aryl methyl sites for hydroxylation is 1. The van der Waals surface area contributed by atoms with Crippen molar-refractivity contribution in [3.63, 3.8) is 0 Å². The van der Waals surface area contributed by atoms with Gasteiger partial charge < -0.3 is 10.6 Å². The number of nitrogens with one attached hydrogen (secondary N) is 2. The smallest absolute Gasteiger partial charge is 0.233 e. The van der Waals surface area contributed by atoms with Crippen LogP contribution in [-0.2, 0) is 16.0 Å². The summed E-state index contributed by atoms with van der Waals surface area (Å²) in [6.45, 7) is 0.557. The van der Waals surface area contributed by atoms with Crippen LogP contribution in [0.15, 0.2) is 54.6 Å². The molecule has 0 aliphatic heterocycles. The third kappa shape index (κ3) is 6.53. The van der Waals surface area contributed by atoms with Crippen LogP contribution >= 0.6 is 11.6 Å². The highest BCUT2D eigenvalue weighted by atomic mass is 35.5. The molecule has 120 valence electrons. The minimum atomic E-state index is -0.340. The summed E-state index contributed by atoms with van der Waals surface area (Å²) >= 11 is 5.77. The first-order valence-corrected chi connectivity index (χ1v) is 7.87. The molecule has 0 fully saturated rings. The van der Waals surface area contributed by atoms with Crippen LogP contribution in [0.25, 0.3) is 0 Å². The van der Waals surface area contributed by atoms with Crippen molar-refractivity contribution in [3.8, 4) is 0 Å². The minimum Gasteiger partial charge on any atom is -0.356 e. The van der Waals surface area contributed by atoms with E-state index in [2.05, 4.69) is 22.8 Å². The molecule has 2 rings (SSSR count). The molecule has 0 aliphatic carbocycles. The average molecular weight is 331 g/mol. The standard InChI is InChI=1S/C18H19ClN2O2/c19-15-8-10-16(11-9-15)21-18(23)13-17(22)20-12-4-7-14-5-2-1-3-6-14/h1-3,5-6,8-11H,4,7,12-13H2,(H,20,22)(H,21,23). The Balaban J connectivity index is 1.64. The number of benzene rings is 2. The first kappa shape index (κ1) is 17.0. The number of hydrogen-bond acceptors (Lipinski definition) is 2. The molecule has 0 saturated carbocycles. The quantitative estimate of drug-likeness (QED) is 0.603. The normalized spacial score (nSPS) is 10.1. The fourth-order valence-electron chi connectivity index (χ4n) is 2.11. The number of carbonyl (C=O) groups excluding carboxylic acids is 2. The van der Waals surface area contributed by atoms with E-state index < -0.39 is 0 Å². The Kier molecular flexibility index (Phi) is 6.63. The van der Waals surface area contributed by atoms with Crippen molar-refractivity contribution < 1.29 is 9.59 Å². The summed E-state index contributed by atoms with van der Waals surface area (Å²) in [5.74, 6) is -0.614. The Hall–Kier alpha value is -2.33. The highest BCUT2D eigenvalue weighted by Gasteiger charge is 2.09. The van der Waals surface area contributed by atoms with E-state index >= 15 is 0 Å². The lowest BCUT2D eigenvalue weighted by atomic mass is 10.1. The second-order valence-corrected chi connectivity index (χ2v) is 5.61. The van der Waals surface area contributed by atoms with E-state index in [-0.39, 0.29) is 18.2 Å². The monoisotopic (exact) mass is 330 g/mol. The molecule has 0 aliphatic rings. The van der Waals surface area contributed by atoms with Crippen LogP contribution in [0.5, 0.6) is 0 Å². The third-order valence-electron chi connectivity index (χ3n) is 3.26. The molecular weight excluding hydrogens is 312 g/mol. The van der Waals surface area contributed by atoms with Crippen LogP contribution in [0, 0.1) is 0 Å². The van der Waals surface area contributed by atoms with Gasteiger partial charge in [0.05, 0.1) is 0 Å². The van der Waals surface area contributed by atoms with E-state index in [0.29, 0.717) is 17.3 Å². The second kappa shape index (κ2) is 8.96. The summed E-state index contributed by atoms with van der Waals surface area (Å²) in [7, 11) is 0. The minimum absolute atomic E-state index is 0.187. The second-order valence-electron chi connectivity index (χ2n) is 5.17. The zero-order valence-corrected chi connectivity index (χ0v) is 13.5. The molecule has 2 aromatic rings. The molecule has 2 N–H and O–H groups in total. The van der Waals surface area contributed by atoms with E-state index in [1.165, 1.54) is 5.56 Å². The number of halogens is 1. The maximum atomic E-state index is 11.8.